The Balaban J connectivity index is 1.41. The number of carbonyl (C=O) groups is 1. The zero-order chi connectivity index (χ0) is 18.0. The van der Waals surface area contributed by atoms with Gasteiger partial charge < -0.3 is 0 Å². The molecule has 0 atom stereocenters. The van der Waals surface area contributed by atoms with Crippen LogP contribution in [0.3, 0.4) is 0 Å². The predicted octanol–water partition coefficient (Wildman–Crippen LogP) is 3.95. The van der Waals surface area contributed by atoms with E-state index in [1.807, 2.05) is 42.5 Å². The van der Waals surface area contributed by atoms with Gasteiger partial charge in [-0.15, -0.1) is 0 Å². The van der Waals surface area contributed by atoms with Crippen molar-refractivity contribution in [1.82, 2.24) is 10.3 Å². The molecule has 1 N–H and O–H groups in total. The largest absolute Gasteiger partial charge is 0.299 e. The summed E-state index contributed by atoms with van der Waals surface area (Å²) in [5.41, 5.74) is 3.17. The predicted molar refractivity (Wildman–Crippen MR) is 104 cm³/mol. The van der Waals surface area contributed by atoms with Crippen LogP contribution in [0.25, 0.3) is 0 Å². The summed E-state index contributed by atoms with van der Waals surface area (Å²) < 4.78 is 0. The van der Waals surface area contributed by atoms with Crippen LogP contribution in [0.2, 0.25) is 5.02 Å². The fourth-order valence-corrected chi connectivity index (χ4v) is 3.80. The Morgan fingerprint density at radius 1 is 1.12 bits per heavy atom. The maximum atomic E-state index is 12.6. The number of halogens is 1. The topological polar surface area (TPSA) is 44.7 Å². The van der Waals surface area contributed by atoms with Gasteiger partial charge in [-0.25, -0.2) is 5.01 Å². The van der Waals surface area contributed by atoms with Crippen LogP contribution in [0.15, 0.2) is 59.7 Å². The van der Waals surface area contributed by atoms with E-state index in [0.29, 0.717) is 13.1 Å². The lowest BCUT2D eigenvalue weighted by Crippen LogP contribution is -2.51. The standard InChI is InChI=1S/C21H22ClN3O/c22-18-9-7-17(8-10-18)21(12-4-13-21)23-15-20(26)25-14-11-19(24-25)16-5-2-1-3-6-16/h1-3,5-10,23H,4,11-15H2. The lowest BCUT2D eigenvalue weighted by atomic mass is 9.72. The van der Waals surface area contributed by atoms with E-state index in [-0.39, 0.29) is 11.4 Å². The molecule has 1 saturated carbocycles. The van der Waals surface area contributed by atoms with Crippen LogP contribution in [-0.4, -0.2) is 29.7 Å². The molecule has 2 aromatic rings. The number of nitrogens with one attached hydrogen (secondary N) is 1. The minimum absolute atomic E-state index is 0.0242. The first-order chi connectivity index (χ1) is 12.7. The minimum Gasteiger partial charge on any atom is -0.299 e. The number of benzene rings is 2. The molecule has 0 spiro atoms. The molecule has 4 nitrogen and oxygen atoms in total. The molecule has 0 radical (unpaired) electrons. The van der Waals surface area contributed by atoms with Gasteiger partial charge in [0.2, 0.25) is 0 Å². The molecule has 1 heterocycles. The first-order valence-corrected chi connectivity index (χ1v) is 9.48. The molecule has 0 unspecified atom stereocenters. The zero-order valence-corrected chi connectivity index (χ0v) is 15.4. The molecule has 26 heavy (non-hydrogen) atoms. The van der Waals surface area contributed by atoms with Gasteiger partial charge in [0.25, 0.3) is 5.91 Å². The molecule has 4 rings (SSSR count). The van der Waals surface area contributed by atoms with E-state index < -0.39 is 0 Å². The highest BCUT2D eigenvalue weighted by Crippen LogP contribution is 2.41. The van der Waals surface area contributed by atoms with E-state index in [9.17, 15) is 4.79 Å². The SMILES string of the molecule is O=C(CNC1(c2ccc(Cl)cc2)CCC1)N1CCC(c2ccccc2)=N1. The van der Waals surface area contributed by atoms with Crippen molar-refractivity contribution in [3.8, 4) is 0 Å². The summed E-state index contributed by atoms with van der Waals surface area (Å²) in [4.78, 5) is 12.6. The van der Waals surface area contributed by atoms with Crippen molar-refractivity contribution in [3.63, 3.8) is 0 Å². The van der Waals surface area contributed by atoms with Gasteiger partial charge in [-0.3, -0.25) is 10.1 Å². The Kier molecular flexibility index (Phi) is 4.79. The van der Waals surface area contributed by atoms with Crippen LogP contribution in [-0.2, 0) is 10.3 Å². The molecule has 0 saturated heterocycles. The van der Waals surface area contributed by atoms with Gasteiger partial charge in [-0.1, -0.05) is 54.1 Å². The van der Waals surface area contributed by atoms with Crippen LogP contribution in [0, 0.1) is 0 Å². The molecule has 1 aliphatic heterocycles. The highest BCUT2D eigenvalue weighted by Gasteiger charge is 2.39. The summed E-state index contributed by atoms with van der Waals surface area (Å²) in [5.74, 6) is 0.0242. The Bertz CT molecular complexity index is 813. The normalized spacial score (nSPS) is 18.3. The maximum Gasteiger partial charge on any atom is 0.256 e. The molecule has 2 aliphatic rings. The summed E-state index contributed by atoms with van der Waals surface area (Å²) >= 11 is 6.00. The van der Waals surface area contributed by atoms with Gasteiger partial charge in [0.1, 0.15) is 0 Å². The lowest BCUT2D eigenvalue weighted by Gasteiger charge is -2.43. The smallest absolute Gasteiger partial charge is 0.256 e. The van der Waals surface area contributed by atoms with Crippen molar-refractivity contribution >= 4 is 23.2 Å². The van der Waals surface area contributed by atoms with Gasteiger partial charge in [-0.2, -0.15) is 5.10 Å². The van der Waals surface area contributed by atoms with Crippen LogP contribution < -0.4 is 5.32 Å². The number of carbonyl (C=O) groups excluding carboxylic acids is 1. The third-order valence-electron chi connectivity index (χ3n) is 5.38. The van der Waals surface area contributed by atoms with Crippen molar-refractivity contribution in [2.24, 2.45) is 5.10 Å². The van der Waals surface area contributed by atoms with Crippen LogP contribution >= 0.6 is 11.6 Å². The van der Waals surface area contributed by atoms with E-state index >= 15 is 0 Å². The van der Waals surface area contributed by atoms with Crippen LogP contribution in [0.4, 0.5) is 0 Å². The van der Waals surface area contributed by atoms with Crippen LogP contribution in [0.1, 0.15) is 36.8 Å². The molecule has 2 aromatic carbocycles. The monoisotopic (exact) mass is 367 g/mol. The summed E-state index contributed by atoms with van der Waals surface area (Å²) in [6.07, 6.45) is 4.06. The Morgan fingerprint density at radius 3 is 2.50 bits per heavy atom. The van der Waals surface area contributed by atoms with E-state index in [1.165, 1.54) is 12.0 Å². The molecule has 1 aliphatic carbocycles. The van der Waals surface area contributed by atoms with Crippen molar-refractivity contribution < 1.29 is 4.79 Å². The molecule has 1 fully saturated rings. The second-order valence-electron chi connectivity index (χ2n) is 6.98. The van der Waals surface area contributed by atoms with E-state index in [1.54, 1.807) is 5.01 Å². The number of hydrogen-bond acceptors (Lipinski definition) is 3. The lowest BCUT2D eigenvalue weighted by molar-refractivity contribution is -0.130. The molecule has 1 amide bonds. The first-order valence-electron chi connectivity index (χ1n) is 9.11. The van der Waals surface area contributed by atoms with Gasteiger partial charge in [0.15, 0.2) is 0 Å². The van der Waals surface area contributed by atoms with Crippen molar-refractivity contribution in [3.05, 3.63) is 70.7 Å². The average molecular weight is 368 g/mol. The molecule has 134 valence electrons. The maximum absolute atomic E-state index is 12.6. The number of hydrogen-bond donors (Lipinski definition) is 1. The van der Waals surface area contributed by atoms with Crippen molar-refractivity contribution in [2.75, 3.05) is 13.1 Å². The zero-order valence-electron chi connectivity index (χ0n) is 14.6. The van der Waals surface area contributed by atoms with E-state index in [4.69, 9.17) is 11.6 Å². The number of hydrazone groups is 1. The summed E-state index contributed by atoms with van der Waals surface area (Å²) in [5, 5.41) is 10.4. The fraction of sp³-hybridized carbons (Fsp3) is 0.333. The Labute approximate surface area is 158 Å². The molecule has 5 heteroatoms. The molecular weight excluding hydrogens is 346 g/mol. The summed E-state index contributed by atoms with van der Waals surface area (Å²) in [7, 11) is 0. The minimum atomic E-state index is -0.105. The summed E-state index contributed by atoms with van der Waals surface area (Å²) in [6, 6.07) is 18.0. The van der Waals surface area contributed by atoms with Crippen molar-refractivity contribution in [1.29, 1.82) is 0 Å². The molecule has 0 aromatic heterocycles. The third kappa shape index (κ3) is 3.39. The van der Waals surface area contributed by atoms with Gasteiger partial charge >= 0.3 is 0 Å². The molecule has 0 bridgehead atoms. The summed E-state index contributed by atoms with van der Waals surface area (Å²) in [6.45, 7) is 0.951. The van der Waals surface area contributed by atoms with Crippen LogP contribution in [0.5, 0.6) is 0 Å². The fourth-order valence-electron chi connectivity index (χ4n) is 3.67. The first kappa shape index (κ1) is 17.3. The third-order valence-corrected chi connectivity index (χ3v) is 5.63. The Hall–Kier alpha value is -2.17. The highest BCUT2D eigenvalue weighted by molar-refractivity contribution is 6.30. The van der Waals surface area contributed by atoms with Gasteiger partial charge in [-0.05, 0) is 42.5 Å². The van der Waals surface area contributed by atoms with Gasteiger partial charge in [0.05, 0.1) is 18.8 Å². The highest BCUT2D eigenvalue weighted by atomic mass is 35.5. The second-order valence-corrected chi connectivity index (χ2v) is 7.41. The van der Waals surface area contributed by atoms with Crippen molar-refractivity contribution in [2.45, 2.75) is 31.2 Å². The number of rotatable bonds is 5. The molecular formula is C21H22ClN3O. The quantitative estimate of drug-likeness (QED) is 0.869. The van der Waals surface area contributed by atoms with E-state index in [0.717, 1.165) is 35.6 Å². The number of amides is 1. The van der Waals surface area contributed by atoms with Gasteiger partial charge in [0, 0.05) is 17.0 Å². The Morgan fingerprint density at radius 2 is 1.85 bits per heavy atom. The number of nitrogens with zero attached hydrogens (tertiary/aromatic N) is 2. The average Bonchev–Trinajstić information content (AvgIpc) is 3.13. The second kappa shape index (κ2) is 7.22. The van der Waals surface area contributed by atoms with E-state index in [2.05, 4.69) is 22.6 Å².